The highest BCUT2D eigenvalue weighted by atomic mass is 19.2. The van der Waals surface area contributed by atoms with Crippen LogP contribution in [0.5, 0.6) is 11.6 Å². The fourth-order valence-electron chi connectivity index (χ4n) is 6.25. The van der Waals surface area contributed by atoms with Gasteiger partial charge in [-0.15, -0.1) is 0 Å². The number of ether oxygens (including phenoxy) is 2. The van der Waals surface area contributed by atoms with E-state index in [0.29, 0.717) is 35.9 Å². The van der Waals surface area contributed by atoms with E-state index in [1.807, 2.05) is 42.8 Å². The zero-order valence-corrected chi connectivity index (χ0v) is 24.6. The Kier molecular flexibility index (Phi) is 7.91. The number of hydrogen-bond donors (Lipinski definition) is 1. The minimum atomic E-state index is -1.09. The Morgan fingerprint density at radius 1 is 1.19 bits per heavy atom. The number of halogens is 2. The van der Waals surface area contributed by atoms with Crippen molar-refractivity contribution in [3.8, 4) is 11.6 Å². The van der Waals surface area contributed by atoms with Gasteiger partial charge in [0.1, 0.15) is 12.4 Å². The lowest BCUT2D eigenvalue weighted by molar-refractivity contribution is 0.156. The largest absolute Gasteiger partial charge is 0.486 e. The van der Waals surface area contributed by atoms with Crippen molar-refractivity contribution in [2.45, 2.75) is 51.9 Å². The zero-order chi connectivity index (χ0) is 30.2. The molecule has 43 heavy (non-hydrogen) atoms. The molecule has 11 heteroatoms. The molecule has 1 saturated heterocycles. The third-order valence-electron chi connectivity index (χ3n) is 8.58. The molecular weight excluding hydrogens is 554 g/mol. The molecular formula is C32H36F2N6O3. The van der Waals surface area contributed by atoms with Crippen molar-refractivity contribution >= 4 is 22.4 Å². The van der Waals surface area contributed by atoms with E-state index in [1.165, 1.54) is 0 Å². The number of nitrogen functional groups attached to an aromatic ring is 1. The normalized spacial score (nSPS) is 18.3. The lowest BCUT2D eigenvalue weighted by Gasteiger charge is -2.40. The van der Waals surface area contributed by atoms with Crippen LogP contribution >= 0.6 is 0 Å². The number of benzene rings is 1. The minimum Gasteiger partial charge on any atom is -0.486 e. The number of hydrogen-bond acceptors (Lipinski definition) is 8. The van der Waals surface area contributed by atoms with Gasteiger partial charge in [0.2, 0.25) is 11.7 Å². The van der Waals surface area contributed by atoms with Crippen LogP contribution < -0.4 is 25.5 Å². The maximum atomic E-state index is 14.8. The quantitative estimate of drug-likeness (QED) is 0.309. The fourth-order valence-corrected chi connectivity index (χ4v) is 6.25. The predicted molar refractivity (Wildman–Crippen MR) is 161 cm³/mol. The molecule has 0 amide bonds. The van der Waals surface area contributed by atoms with Gasteiger partial charge in [0.15, 0.2) is 17.0 Å². The van der Waals surface area contributed by atoms with E-state index >= 15 is 0 Å². The molecule has 0 spiro atoms. The van der Waals surface area contributed by atoms with Crippen molar-refractivity contribution in [3.05, 3.63) is 81.9 Å². The Hall–Kier alpha value is -4.25. The molecule has 0 saturated carbocycles. The van der Waals surface area contributed by atoms with Crippen molar-refractivity contribution in [1.82, 2.24) is 19.4 Å². The Balaban J connectivity index is 1.42. The van der Waals surface area contributed by atoms with Crippen molar-refractivity contribution in [2.24, 2.45) is 5.92 Å². The molecule has 2 aliphatic heterocycles. The van der Waals surface area contributed by atoms with Crippen LogP contribution in [0.3, 0.4) is 0 Å². The van der Waals surface area contributed by atoms with E-state index in [-0.39, 0.29) is 41.2 Å². The molecule has 4 aromatic rings. The SMILES string of the molecule is COc1cc(CN(Cc2cn3c4c(c(F)c(F)cc4c2=O)OCC3C(C)C)[C@H]2CCCN(c3ccc(N)nc3)C2)ccn1. The number of rotatable bonds is 8. The number of aromatic nitrogens is 3. The molecule has 1 unspecified atom stereocenters. The second kappa shape index (κ2) is 11.8. The molecule has 6 rings (SSSR count). The standard InChI is InChI=1S/C32H36F2N6O3/c1-19(2)26-18-43-32-29(34)25(33)12-24-30(32)40(26)16-21(31(24)41)15-39(14-20-8-9-36-28(11-20)42-3)23-5-4-10-38(17-23)22-6-7-27(35)37-13-22/h6-9,11-13,16,19,23,26H,4-5,10,14-15,17-18H2,1-3H3,(H2,35,37)/t23-,26?/m0/s1. The molecule has 3 aromatic heterocycles. The summed E-state index contributed by atoms with van der Waals surface area (Å²) in [5.74, 6) is -1.24. The number of piperidine rings is 1. The summed E-state index contributed by atoms with van der Waals surface area (Å²) in [7, 11) is 1.58. The van der Waals surface area contributed by atoms with Crippen LogP contribution in [0.4, 0.5) is 20.3 Å². The second-order valence-corrected chi connectivity index (χ2v) is 11.7. The number of methoxy groups -OCH3 is 1. The molecule has 1 fully saturated rings. The highest BCUT2D eigenvalue weighted by Crippen LogP contribution is 2.38. The van der Waals surface area contributed by atoms with Crippen molar-refractivity contribution in [1.29, 1.82) is 0 Å². The Morgan fingerprint density at radius 2 is 2.02 bits per heavy atom. The van der Waals surface area contributed by atoms with Gasteiger partial charge in [-0.05, 0) is 48.6 Å². The molecule has 0 bridgehead atoms. The summed E-state index contributed by atoms with van der Waals surface area (Å²) in [5, 5.41) is 0.125. The van der Waals surface area contributed by atoms with Crippen LogP contribution in [0.2, 0.25) is 0 Å². The van der Waals surface area contributed by atoms with Gasteiger partial charge in [-0.3, -0.25) is 9.69 Å². The Morgan fingerprint density at radius 3 is 2.77 bits per heavy atom. The highest BCUT2D eigenvalue weighted by Gasteiger charge is 2.32. The molecule has 9 nitrogen and oxygen atoms in total. The molecule has 5 heterocycles. The van der Waals surface area contributed by atoms with Gasteiger partial charge < -0.3 is 24.7 Å². The lowest BCUT2D eigenvalue weighted by atomic mass is 9.99. The monoisotopic (exact) mass is 590 g/mol. The van der Waals surface area contributed by atoms with Crippen molar-refractivity contribution in [2.75, 3.05) is 37.4 Å². The van der Waals surface area contributed by atoms with Gasteiger partial charge in [0.25, 0.3) is 0 Å². The molecule has 2 N–H and O–H groups in total. The number of nitrogens with zero attached hydrogens (tertiary/aromatic N) is 5. The van der Waals surface area contributed by atoms with Crippen LogP contribution in [0.1, 0.15) is 43.9 Å². The first kappa shape index (κ1) is 28.9. The van der Waals surface area contributed by atoms with E-state index in [9.17, 15) is 13.6 Å². The van der Waals surface area contributed by atoms with E-state index < -0.39 is 11.6 Å². The smallest absolute Gasteiger partial charge is 0.213 e. The van der Waals surface area contributed by atoms with Crippen LogP contribution in [0.15, 0.2) is 53.7 Å². The molecule has 0 radical (unpaired) electrons. The summed E-state index contributed by atoms with van der Waals surface area (Å²) >= 11 is 0. The maximum Gasteiger partial charge on any atom is 0.213 e. The van der Waals surface area contributed by atoms with Crippen LogP contribution in [0.25, 0.3) is 10.9 Å². The lowest BCUT2D eigenvalue weighted by Crippen LogP contribution is -2.48. The molecule has 0 aliphatic carbocycles. The Bertz CT molecular complexity index is 1690. The third-order valence-corrected chi connectivity index (χ3v) is 8.58. The first-order valence-corrected chi connectivity index (χ1v) is 14.6. The van der Waals surface area contributed by atoms with Gasteiger partial charge >= 0.3 is 0 Å². The van der Waals surface area contributed by atoms with Crippen molar-refractivity contribution in [3.63, 3.8) is 0 Å². The second-order valence-electron chi connectivity index (χ2n) is 11.7. The summed E-state index contributed by atoms with van der Waals surface area (Å²) in [6, 6.07) is 8.57. The van der Waals surface area contributed by atoms with Crippen LogP contribution in [0, 0.1) is 17.6 Å². The highest BCUT2D eigenvalue weighted by molar-refractivity contribution is 5.86. The van der Waals surface area contributed by atoms with Gasteiger partial charge in [-0.2, -0.15) is 4.39 Å². The summed E-state index contributed by atoms with van der Waals surface area (Å²) in [6.45, 7) is 6.75. The van der Waals surface area contributed by atoms with Crippen molar-refractivity contribution < 1.29 is 18.3 Å². The predicted octanol–water partition coefficient (Wildman–Crippen LogP) is 4.92. The first-order valence-electron chi connectivity index (χ1n) is 14.6. The fraction of sp³-hybridized carbons (Fsp3) is 0.406. The molecule has 1 aromatic carbocycles. The van der Waals surface area contributed by atoms with Gasteiger partial charge in [-0.1, -0.05) is 13.8 Å². The van der Waals surface area contributed by atoms with Gasteiger partial charge in [0.05, 0.1) is 35.9 Å². The number of pyridine rings is 3. The first-order chi connectivity index (χ1) is 20.7. The van der Waals surface area contributed by atoms with E-state index in [0.717, 1.165) is 43.2 Å². The van der Waals surface area contributed by atoms with Crippen LogP contribution in [-0.4, -0.2) is 52.3 Å². The maximum absolute atomic E-state index is 14.8. The number of nitrogens with two attached hydrogens (primary N) is 1. The topological polar surface area (TPSA) is 98.7 Å². The van der Waals surface area contributed by atoms with E-state index in [4.69, 9.17) is 15.2 Å². The van der Waals surface area contributed by atoms with Crippen LogP contribution in [-0.2, 0) is 13.1 Å². The third kappa shape index (κ3) is 5.61. The summed E-state index contributed by atoms with van der Waals surface area (Å²) in [4.78, 5) is 27.1. The summed E-state index contributed by atoms with van der Waals surface area (Å²) in [5.41, 5.74) is 8.31. The van der Waals surface area contributed by atoms with Gasteiger partial charge in [0, 0.05) is 56.2 Å². The average molecular weight is 591 g/mol. The zero-order valence-electron chi connectivity index (χ0n) is 24.6. The minimum absolute atomic E-state index is 0.0895. The van der Waals surface area contributed by atoms with E-state index in [2.05, 4.69) is 19.8 Å². The summed E-state index contributed by atoms with van der Waals surface area (Å²) in [6.07, 6.45) is 7.20. The van der Waals surface area contributed by atoms with E-state index in [1.54, 1.807) is 25.6 Å². The number of anilines is 2. The van der Waals surface area contributed by atoms with Gasteiger partial charge in [-0.25, -0.2) is 14.4 Å². The average Bonchev–Trinajstić information content (AvgIpc) is 3.01. The Labute approximate surface area is 248 Å². The molecule has 226 valence electrons. The summed E-state index contributed by atoms with van der Waals surface area (Å²) < 4.78 is 42.5. The molecule has 2 aliphatic rings. The molecule has 2 atom stereocenters.